The number of rotatable bonds is 2. The van der Waals surface area contributed by atoms with Crippen molar-refractivity contribution in [3.8, 4) is 0 Å². The number of nitrogens with one attached hydrogen (secondary N) is 3. The Morgan fingerprint density at radius 2 is 1.64 bits per heavy atom. The SMILES string of the molecule is Cc1cc(C)c(NC(=O)C(=O)NC2CC(C)(C)NC(C)(C)C2)c(Cl)c1. The second kappa shape index (κ2) is 6.96. The lowest BCUT2D eigenvalue weighted by Gasteiger charge is -2.46. The molecule has 1 aromatic rings. The molecule has 1 saturated heterocycles. The standard InChI is InChI=1S/C19H28ClN3O2/c1-11-7-12(2)15(14(20)8-11)22-17(25)16(24)21-13-9-18(3,4)23-19(5,6)10-13/h7-8,13,23H,9-10H2,1-6H3,(H,21,24)(H,22,25). The fraction of sp³-hybridized carbons (Fsp3) is 0.579. The molecule has 2 rings (SSSR count). The predicted octanol–water partition coefficient (Wildman–Crippen LogP) is 3.32. The third-order valence-corrected chi connectivity index (χ3v) is 4.70. The first kappa shape index (κ1) is 19.7. The minimum absolute atomic E-state index is 0.0564. The van der Waals surface area contributed by atoms with Crippen LogP contribution in [-0.4, -0.2) is 28.9 Å². The van der Waals surface area contributed by atoms with E-state index in [0.29, 0.717) is 10.7 Å². The van der Waals surface area contributed by atoms with Gasteiger partial charge in [-0.1, -0.05) is 17.7 Å². The molecule has 1 heterocycles. The van der Waals surface area contributed by atoms with Gasteiger partial charge in [-0.2, -0.15) is 0 Å². The summed E-state index contributed by atoms with van der Waals surface area (Å²) in [5.74, 6) is -1.32. The summed E-state index contributed by atoms with van der Waals surface area (Å²) >= 11 is 6.20. The van der Waals surface area contributed by atoms with E-state index >= 15 is 0 Å². The maximum atomic E-state index is 12.3. The molecule has 1 aliphatic heterocycles. The van der Waals surface area contributed by atoms with Gasteiger partial charge < -0.3 is 16.0 Å². The lowest BCUT2D eigenvalue weighted by molar-refractivity contribution is -0.137. The number of amides is 2. The van der Waals surface area contributed by atoms with Crippen LogP contribution in [-0.2, 0) is 9.59 Å². The van der Waals surface area contributed by atoms with E-state index in [0.717, 1.165) is 24.0 Å². The Kier molecular flexibility index (Phi) is 5.50. The fourth-order valence-electron chi connectivity index (χ4n) is 3.92. The molecule has 1 fully saturated rings. The summed E-state index contributed by atoms with van der Waals surface area (Å²) in [4.78, 5) is 24.6. The summed E-state index contributed by atoms with van der Waals surface area (Å²) in [5.41, 5.74) is 2.11. The number of anilines is 1. The monoisotopic (exact) mass is 365 g/mol. The van der Waals surface area contributed by atoms with Crippen molar-refractivity contribution in [2.24, 2.45) is 0 Å². The summed E-state index contributed by atoms with van der Waals surface area (Å²) in [7, 11) is 0. The molecule has 25 heavy (non-hydrogen) atoms. The summed E-state index contributed by atoms with van der Waals surface area (Å²) in [6, 6.07) is 3.62. The van der Waals surface area contributed by atoms with Crippen molar-refractivity contribution in [3.05, 3.63) is 28.3 Å². The van der Waals surface area contributed by atoms with Gasteiger partial charge in [0.25, 0.3) is 0 Å². The molecule has 0 atom stereocenters. The normalized spacial score (nSPS) is 19.3. The number of piperidine rings is 1. The van der Waals surface area contributed by atoms with Crippen LogP contribution >= 0.6 is 11.6 Å². The third-order valence-electron chi connectivity index (χ3n) is 4.40. The van der Waals surface area contributed by atoms with Gasteiger partial charge in [-0.3, -0.25) is 9.59 Å². The van der Waals surface area contributed by atoms with Crippen molar-refractivity contribution in [1.29, 1.82) is 0 Å². The highest BCUT2D eigenvalue weighted by Crippen LogP contribution is 2.29. The fourth-order valence-corrected chi connectivity index (χ4v) is 4.29. The van der Waals surface area contributed by atoms with Crippen LogP contribution in [0.25, 0.3) is 0 Å². The van der Waals surface area contributed by atoms with Gasteiger partial charge >= 0.3 is 11.8 Å². The van der Waals surface area contributed by atoms with Crippen LogP contribution in [0.2, 0.25) is 5.02 Å². The van der Waals surface area contributed by atoms with Gasteiger partial charge in [0.15, 0.2) is 0 Å². The maximum absolute atomic E-state index is 12.3. The molecule has 0 radical (unpaired) electrons. The molecular weight excluding hydrogens is 338 g/mol. The Balaban J connectivity index is 2.05. The van der Waals surface area contributed by atoms with E-state index < -0.39 is 11.8 Å². The first-order chi connectivity index (χ1) is 11.4. The molecular formula is C19H28ClN3O2. The first-order valence-electron chi connectivity index (χ1n) is 8.56. The molecule has 0 bridgehead atoms. The van der Waals surface area contributed by atoms with E-state index in [-0.39, 0.29) is 17.1 Å². The summed E-state index contributed by atoms with van der Waals surface area (Å²) in [6.07, 6.45) is 1.53. The highest BCUT2D eigenvalue weighted by molar-refractivity contribution is 6.41. The Morgan fingerprint density at radius 1 is 1.08 bits per heavy atom. The second-order valence-electron chi connectivity index (χ2n) is 8.36. The van der Waals surface area contributed by atoms with Crippen molar-refractivity contribution in [2.75, 3.05) is 5.32 Å². The lowest BCUT2D eigenvalue weighted by Crippen LogP contribution is -2.62. The Morgan fingerprint density at radius 3 is 2.16 bits per heavy atom. The van der Waals surface area contributed by atoms with E-state index in [1.807, 2.05) is 19.9 Å². The molecule has 0 aromatic heterocycles. The molecule has 1 aliphatic rings. The highest BCUT2D eigenvalue weighted by Gasteiger charge is 2.38. The number of benzene rings is 1. The summed E-state index contributed by atoms with van der Waals surface area (Å²) in [6.45, 7) is 12.2. The number of carbonyl (C=O) groups is 2. The molecule has 3 N–H and O–H groups in total. The topological polar surface area (TPSA) is 70.2 Å². The molecule has 5 nitrogen and oxygen atoms in total. The number of hydrogen-bond acceptors (Lipinski definition) is 3. The van der Waals surface area contributed by atoms with Gasteiger partial charge in [-0.25, -0.2) is 0 Å². The molecule has 2 amide bonds. The summed E-state index contributed by atoms with van der Waals surface area (Å²) in [5, 5.41) is 9.49. The van der Waals surface area contributed by atoms with Crippen LogP contribution in [0.4, 0.5) is 5.69 Å². The van der Waals surface area contributed by atoms with Crippen LogP contribution in [0.3, 0.4) is 0 Å². The van der Waals surface area contributed by atoms with Crippen molar-refractivity contribution in [1.82, 2.24) is 10.6 Å². The first-order valence-corrected chi connectivity index (χ1v) is 8.94. The third kappa shape index (κ3) is 5.19. The van der Waals surface area contributed by atoms with Gasteiger partial charge in [0.1, 0.15) is 0 Å². The molecule has 0 spiro atoms. The molecule has 6 heteroatoms. The van der Waals surface area contributed by atoms with Crippen molar-refractivity contribution in [3.63, 3.8) is 0 Å². The van der Waals surface area contributed by atoms with Gasteiger partial charge in [0.05, 0.1) is 10.7 Å². The van der Waals surface area contributed by atoms with Crippen LogP contribution in [0, 0.1) is 13.8 Å². The van der Waals surface area contributed by atoms with Crippen LogP contribution in [0.5, 0.6) is 0 Å². The minimum atomic E-state index is -0.692. The van der Waals surface area contributed by atoms with Gasteiger partial charge in [-0.05, 0) is 71.6 Å². The van der Waals surface area contributed by atoms with E-state index in [9.17, 15) is 9.59 Å². The predicted molar refractivity (Wildman–Crippen MR) is 102 cm³/mol. The smallest absolute Gasteiger partial charge is 0.313 e. The average Bonchev–Trinajstić information content (AvgIpc) is 2.38. The number of aryl methyl sites for hydroxylation is 2. The largest absolute Gasteiger partial charge is 0.345 e. The molecule has 138 valence electrons. The maximum Gasteiger partial charge on any atom is 0.313 e. The lowest BCUT2D eigenvalue weighted by atomic mass is 9.79. The van der Waals surface area contributed by atoms with Crippen molar-refractivity contribution < 1.29 is 9.59 Å². The Hall–Kier alpha value is -1.59. The molecule has 1 aromatic carbocycles. The van der Waals surface area contributed by atoms with Crippen LogP contribution in [0.15, 0.2) is 12.1 Å². The zero-order chi connectivity index (χ0) is 19.0. The highest BCUT2D eigenvalue weighted by atomic mass is 35.5. The minimum Gasteiger partial charge on any atom is -0.345 e. The molecule has 0 aliphatic carbocycles. The molecule has 0 saturated carbocycles. The van der Waals surface area contributed by atoms with Gasteiger partial charge in [-0.15, -0.1) is 0 Å². The number of carbonyl (C=O) groups excluding carboxylic acids is 2. The van der Waals surface area contributed by atoms with Crippen molar-refractivity contribution >= 4 is 29.1 Å². The van der Waals surface area contributed by atoms with E-state index in [1.165, 1.54) is 0 Å². The van der Waals surface area contributed by atoms with Gasteiger partial charge in [0, 0.05) is 17.1 Å². The second-order valence-corrected chi connectivity index (χ2v) is 8.77. The zero-order valence-corrected chi connectivity index (χ0v) is 16.6. The molecule has 0 unspecified atom stereocenters. The van der Waals surface area contributed by atoms with Crippen LogP contribution in [0.1, 0.15) is 51.7 Å². The van der Waals surface area contributed by atoms with E-state index in [1.54, 1.807) is 6.07 Å². The van der Waals surface area contributed by atoms with Crippen molar-refractivity contribution in [2.45, 2.75) is 71.5 Å². The Labute approximate surface area is 154 Å². The summed E-state index contributed by atoms with van der Waals surface area (Å²) < 4.78 is 0. The average molecular weight is 366 g/mol. The van der Waals surface area contributed by atoms with E-state index in [2.05, 4.69) is 43.6 Å². The van der Waals surface area contributed by atoms with E-state index in [4.69, 9.17) is 11.6 Å². The van der Waals surface area contributed by atoms with Gasteiger partial charge in [0.2, 0.25) is 0 Å². The quantitative estimate of drug-likeness (QED) is 0.704. The zero-order valence-electron chi connectivity index (χ0n) is 15.8. The Bertz CT molecular complexity index is 659. The van der Waals surface area contributed by atoms with Crippen LogP contribution < -0.4 is 16.0 Å². The number of halogens is 1. The number of hydrogen-bond donors (Lipinski definition) is 3.